The molecule has 3 nitrogen and oxygen atoms in total. The van der Waals surface area contributed by atoms with Crippen molar-refractivity contribution in [2.75, 3.05) is 0 Å². The van der Waals surface area contributed by atoms with Gasteiger partial charge in [0.05, 0.1) is 16.4 Å². The second-order valence-corrected chi connectivity index (χ2v) is 5.85. The number of halogens is 2. The molecule has 2 aromatic rings. The maximum Gasteiger partial charge on any atom is 0.0863 e. The highest BCUT2D eigenvalue weighted by Crippen LogP contribution is 2.23. The molecule has 21 heavy (non-hydrogen) atoms. The summed E-state index contributed by atoms with van der Waals surface area (Å²) in [6, 6.07) is 8.12. The zero-order chi connectivity index (χ0) is 15.4. The minimum atomic E-state index is 0.226. The summed E-state index contributed by atoms with van der Waals surface area (Å²) in [6.45, 7) is 7.80. The molecule has 0 aliphatic heterocycles. The molecule has 1 unspecified atom stereocenters. The molecule has 0 radical (unpaired) electrons. The molecule has 0 fully saturated rings. The Bertz CT molecular complexity index is 590. The van der Waals surface area contributed by atoms with E-state index in [4.69, 9.17) is 23.2 Å². The summed E-state index contributed by atoms with van der Waals surface area (Å²) in [4.78, 5) is 0. The lowest BCUT2D eigenvalue weighted by molar-refractivity contribution is 0.530. The van der Waals surface area contributed by atoms with E-state index in [1.54, 1.807) is 0 Å². The van der Waals surface area contributed by atoms with Gasteiger partial charge in [0, 0.05) is 24.2 Å². The van der Waals surface area contributed by atoms with Crippen LogP contribution in [0.25, 0.3) is 0 Å². The van der Waals surface area contributed by atoms with Gasteiger partial charge in [-0.05, 0) is 38.0 Å². The van der Waals surface area contributed by atoms with E-state index in [1.165, 1.54) is 5.56 Å². The van der Waals surface area contributed by atoms with Gasteiger partial charge in [0.1, 0.15) is 0 Å². The molecule has 1 heterocycles. The first kappa shape index (κ1) is 16.3. The van der Waals surface area contributed by atoms with Crippen molar-refractivity contribution < 1.29 is 0 Å². The van der Waals surface area contributed by atoms with Crippen LogP contribution in [0, 0.1) is 0 Å². The van der Waals surface area contributed by atoms with Crippen LogP contribution >= 0.6 is 23.2 Å². The van der Waals surface area contributed by atoms with Crippen LogP contribution < -0.4 is 5.32 Å². The van der Waals surface area contributed by atoms with Crippen molar-refractivity contribution in [2.45, 2.75) is 46.3 Å². The predicted octanol–water partition coefficient (Wildman–Crippen LogP) is 4.62. The third kappa shape index (κ3) is 3.79. The van der Waals surface area contributed by atoms with Crippen LogP contribution in [0.5, 0.6) is 0 Å². The van der Waals surface area contributed by atoms with Gasteiger partial charge in [0.2, 0.25) is 0 Å². The average Bonchev–Trinajstić information content (AvgIpc) is 2.81. The van der Waals surface area contributed by atoms with Crippen LogP contribution in [0.1, 0.15) is 43.8 Å². The highest BCUT2D eigenvalue weighted by atomic mass is 35.5. The van der Waals surface area contributed by atoms with Crippen molar-refractivity contribution >= 4 is 23.2 Å². The predicted molar refractivity (Wildman–Crippen MR) is 89.0 cm³/mol. The SMILES string of the molecule is CCc1nn(CC)c(CNC(C)c2ccc(Cl)cc2)c1Cl. The summed E-state index contributed by atoms with van der Waals surface area (Å²) in [7, 11) is 0. The Labute approximate surface area is 136 Å². The van der Waals surface area contributed by atoms with E-state index in [0.717, 1.165) is 34.4 Å². The Balaban J connectivity index is 2.09. The molecule has 0 aliphatic rings. The number of hydrogen-bond acceptors (Lipinski definition) is 2. The normalized spacial score (nSPS) is 12.6. The zero-order valence-corrected chi connectivity index (χ0v) is 14.2. The Morgan fingerprint density at radius 2 is 1.86 bits per heavy atom. The fraction of sp³-hybridized carbons (Fsp3) is 0.438. The number of aryl methyl sites for hydroxylation is 2. The van der Waals surface area contributed by atoms with Gasteiger partial charge < -0.3 is 5.32 Å². The second-order valence-electron chi connectivity index (χ2n) is 5.03. The van der Waals surface area contributed by atoms with Gasteiger partial charge in [0.25, 0.3) is 0 Å². The van der Waals surface area contributed by atoms with Crippen molar-refractivity contribution in [1.29, 1.82) is 0 Å². The lowest BCUT2D eigenvalue weighted by Crippen LogP contribution is -2.20. The first-order valence-corrected chi connectivity index (χ1v) is 8.05. The number of nitrogens with one attached hydrogen (secondary N) is 1. The van der Waals surface area contributed by atoms with Crippen molar-refractivity contribution in [3.8, 4) is 0 Å². The van der Waals surface area contributed by atoms with E-state index in [0.29, 0.717) is 6.54 Å². The van der Waals surface area contributed by atoms with Gasteiger partial charge >= 0.3 is 0 Å². The van der Waals surface area contributed by atoms with Gasteiger partial charge in [-0.1, -0.05) is 42.3 Å². The summed E-state index contributed by atoms with van der Waals surface area (Å²) in [5.74, 6) is 0. The topological polar surface area (TPSA) is 29.9 Å². The van der Waals surface area contributed by atoms with E-state index in [1.807, 2.05) is 28.9 Å². The Morgan fingerprint density at radius 3 is 2.43 bits per heavy atom. The molecule has 0 spiro atoms. The van der Waals surface area contributed by atoms with Gasteiger partial charge in [-0.25, -0.2) is 0 Å². The molecule has 1 N–H and O–H groups in total. The molecule has 0 saturated carbocycles. The van der Waals surface area contributed by atoms with Crippen molar-refractivity contribution in [2.24, 2.45) is 0 Å². The molecule has 1 aromatic carbocycles. The minimum absolute atomic E-state index is 0.226. The first-order chi connectivity index (χ1) is 10.1. The van der Waals surface area contributed by atoms with Crippen LogP contribution in [0.4, 0.5) is 0 Å². The highest BCUT2D eigenvalue weighted by molar-refractivity contribution is 6.32. The second kappa shape index (κ2) is 7.30. The summed E-state index contributed by atoms with van der Waals surface area (Å²) >= 11 is 12.3. The molecule has 0 bridgehead atoms. The standard InChI is InChI=1S/C16H21Cl2N3/c1-4-14-16(18)15(21(5-2)20-14)10-19-11(3)12-6-8-13(17)9-7-12/h6-9,11,19H,4-5,10H2,1-3H3. The van der Waals surface area contributed by atoms with Crippen LogP contribution in [-0.2, 0) is 19.5 Å². The number of nitrogens with zero attached hydrogens (tertiary/aromatic N) is 2. The number of hydrogen-bond donors (Lipinski definition) is 1. The lowest BCUT2D eigenvalue weighted by atomic mass is 10.1. The van der Waals surface area contributed by atoms with Crippen LogP contribution in [-0.4, -0.2) is 9.78 Å². The summed E-state index contributed by atoms with van der Waals surface area (Å²) in [5.41, 5.74) is 3.22. The van der Waals surface area contributed by atoms with Crippen molar-refractivity contribution in [3.63, 3.8) is 0 Å². The molecule has 1 atom stereocenters. The van der Waals surface area contributed by atoms with E-state index < -0.39 is 0 Å². The van der Waals surface area contributed by atoms with Crippen molar-refractivity contribution in [3.05, 3.63) is 51.3 Å². The maximum absolute atomic E-state index is 6.42. The number of aromatic nitrogens is 2. The molecule has 0 aliphatic carbocycles. The Kier molecular flexibility index (Phi) is 5.68. The van der Waals surface area contributed by atoms with E-state index in [-0.39, 0.29) is 6.04 Å². The molecular weight excluding hydrogens is 305 g/mol. The minimum Gasteiger partial charge on any atom is -0.305 e. The molecule has 5 heteroatoms. The van der Waals surface area contributed by atoms with E-state index >= 15 is 0 Å². The Hall–Kier alpha value is -1.03. The van der Waals surface area contributed by atoms with Crippen LogP contribution in [0.3, 0.4) is 0 Å². The number of rotatable bonds is 6. The first-order valence-electron chi connectivity index (χ1n) is 7.29. The molecular formula is C16H21Cl2N3. The summed E-state index contributed by atoms with van der Waals surface area (Å²) in [6.07, 6.45) is 0.853. The summed E-state index contributed by atoms with van der Waals surface area (Å²) < 4.78 is 1.97. The van der Waals surface area contributed by atoms with E-state index in [2.05, 4.69) is 31.2 Å². The lowest BCUT2D eigenvalue weighted by Gasteiger charge is -2.15. The maximum atomic E-state index is 6.42. The molecule has 0 amide bonds. The smallest absolute Gasteiger partial charge is 0.0863 e. The van der Waals surface area contributed by atoms with Crippen molar-refractivity contribution in [1.82, 2.24) is 15.1 Å². The van der Waals surface area contributed by atoms with Gasteiger partial charge in [-0.15, -0.1) is 0 Å². The monoisotopic (exact) mass is 325 g/mol. The average molecular weight is 326 g/mol. The molecule has 114 valence electrons. The van der Waals surface area contributed by atoms with Crippen LogP contribution in [0.2, 0.25) is 10.0 Å². The third-order valence-electron chi connectivity index (χ3n) is 3.64. The largest absolute Gasteiger partial charge is 0.305 e. The Morgan fingerprint density at radius 1 is 1.19 bits per heavy atom. The van der Waals surface area contributed by atoms with Gasteiger partial charge in [-0.3, -0.25) is 4.68 Å². The summed E-state index contributed by atoms with van der Waals surface area (Å²) in [5, 5.41) is 9.58. The third-order valence-corrected chi connectivity index (χ3v) is 4.33. The van der Waals surface area contributed by atoms with Gasteiger partial charge in [0.15, 0.2) is 0 Å². The fourth-order valence-electron chi connectivity index (χ4n) is 2.31. The van der Waals surface area contributed by atoms with Gasteiger partial charge in [-0.2, -0.15) is 5.10 Å². The molecule has 2 rings (SSSR count). The quantitative estimate of drug-likeness (QED) is 0.839. The van der Waals surface area contributed by atoms with Crippen LogP contribution in [0.15, 0.2) is 24.3 Å². The number of benzene rings is 1. The zero-order valence-electron chi connectivity index (χ0n) is 12.7. The molecule has 1 aromatic heterocycles. The van der Waals surface area contributed by atoms with E-state index in [9.17, 15) is 0 Å². The highest BCUT2D eigenvalue weighted by Gasteiger charge is 2.15. The molecule has 0 saturated heterocycles. The fourth-order valence-corrected chi connectivity index (χ4v) is 2.77.